The number of aliphatic carboxylic acids is 1. The van der Waals surface area contributed by atoms with E-state index in [9.17, 15) is 14.7 Å². The van der Waals surface area contributed by atoms with Gasteiger partial charge in [-0.3, -0.25) is 0 Å². The molecule has 0 fully saturated rings. The molecule has 6 nitrogen and oxygen atoms in total. The van der Waals surface area contributed by atoms with E-state index in [4.69, 9.17) is 4.74 Å². The topological polar surface area (TPSA) is 87.7 Å². The van der Waals surface area contributed by atoms with Crippen LogP contribution in [0.25, 0.3) is 0 Å². The third-order valence-electron chi connectivity index (χ3n) is 4.26. The Labute approximate surface area is 157 Å². The van der Waals surface area contributed by atoms with Gasteiger partial charge in [-0.25, -0.2) is 9.59 Å². The summed E-state index contributed by atoms with van der Waals surface area (Å²) in [6, 6.07) is 18.6. The van der Waals surface area contributed by atoms with E-state index in [2.05, 4.69) is 10.6 Å². The number of esters is 1. The lowest BCUT2D eigenvalue weighted by molar-refractivity contribution is -0.136. The zero-order chi connectivity index (χ0) is 19.2. The Morgan fingerprint density at radius 2 is 1.26 bits per heavy atom. The number of anilines is 2. The number of carbonyl (C=O) groups excluding carboxylic acids is 1. The number of carbonyl (C=O) groups is 2. The number of methoxy groups -OCH3 is 1. The van der Waals surface area contributed by atoms with Gasteiger partial charge in [0.05, 0.1) is 18.3 Å². The van der Waals surface area contributed by atoms with E-state index in [0.717, 1.165) is 11.4 Å². The molecule has 0 saturated carbocycles. The molecule has 2 aromatic rings. The number of hydrogen-bond acceptors (Lipinski definition) is 5. The Morgan fingerprint density at radius 3 is 1.70 bits per heavy atom. The first kappa shape index (κ1) is 18.3. The molecule has 6 heteroatoms. The standard InChI is InChI=1S/C21H20N2O4/c1-27-21(26)17-13-18(22-14-8-4-2-5-9-14)16(20(24)25)12-19(17)23-15-10-6-3-7-11-15/h2-11,22-23H,12-13H2,1H3,(H,24,25). The Bertz CT molecular complexity index is 902. The number of nitrogens with one attached hydrogen (secondary N) is 2. The van der Waals surface area contributed by atoms with E-state index in [-0.39, 0.29) is 18.4 Å². The molecule has 0 atom stereocenters. The number of carboxylic acids is 1. The molecular formula is C21H20N2O4. The van der Waals surface area contributed by atoms with Crippen LogP contribution in [0.2, 0.25) is 0 Å². The van der Waals surface area contributed by atoms with Crippen molar-refractivity contribution in [1.29, 1.82) is 0 Å². The van der Waals surface area contributed by atoms with Crippen molar-refractivity contribution in [2.45, 2.75) is 12.8 Å². The van der Waals surface area contributed by atoms with Crippen LogP contribution in [-0.2, 0) is 14.3 Å². The summed E-state index contributed by atoms with van der Waals surface area (Å²) in [6.45, 7) is 0. The van der Waals surface area contributed by atoms with Gasteiger partial charge in [-0.05, 0) is 24.3 Å². The van der Waals surface area contributed by atoms with Gasteiger partial charge < -0.3 is 20.5 Å². The molecule has 0 spiro atoms. The number of ether oxygens (including phenoxy) is 1. The molecule has 138 valence electrons. The van der Waals surface area contributed by atoms with Crippen molar-refractivity contribution in [3.63, 3.8) is 0 Å². The predicted octanol–water partition coefficient (Wildman–Crippen LogP) is 3.77. The maximum atomic E-state index is 12.3. The normalized spacial score (nSPS) is 14.0. The quantitative estimate of drug-likeness (QED) is 0.677. The van der Waals surface area contributed by atoms with Crippen LogP contribution in [0.1, 0.15) is 12.8 Å². The highest BCUT2D eigenvalue weighted by atomic mass is 16.5. The monoisotopic (exact) mass is 364 g/mol. The third-order valence-corrected chi connectivity index (χ3v) is 4.26. The van der Waals surface area contributed by atoms with Gasteiger partial charge in [-0.1, -0.05) is 36.4 Å². The van der Waals surface area contributed by atoms with Crippen LogP contribution in [0.5, 0.6) is 0 Å². The SMILES string of the molecule is COC(=O)C1=C(Nc2ccccc2)CC(C(=O)O)=C(Nc2ccccc2)C1. The van der Waals surface area contributed by atoms with Crippen LogP contribution < -0.4 is 10.6 Å². The van der Waals surface area contributed by atoms with Crippen molar-refractivity contribution in [3.8, 4) is 0 Å². The maximum absolute atomic E-state index is 12.3. The molecule has 0 heterocycles. The summed E-state index contributed by atoms with van der Waals surface area (Å²) in [5.74, 6) is -1.50. The Balaban J connectivity index is 1.95. The molecule has 0 unspecified atom stereocenters. The first-order chi connectivity index (χ1) is 13.1. The minimum Gasteiger partial charge on any atom is -0.478 e. The van der Waals surface area contributed by atoms with E-state index >= 15 is 0 Å². The number of rotatable bonds is 6. The minimum absolute atomic E-state index is 0.0871. The first-order valence-electron chi connectivity index (χ1n) is 8.48. The molecule has 3 rings (SSSR count). The summed E-state index contributed by atoms with van der Waals surface area (Å²) < 4.78 is 4.92. The largest absolute Gasteiger partial charge is 0.478 e. The zero-order valence-electron chi connectivity index (χ0n) is 14.9. The fourth-order valence-corrected chi connectivity index (χ4v) is 2.93. The van der Waals surface area contributed by atoms with Crippen LogP contribution in [0, 0.1) is 0 Å². The van der Waals surface area contributed by atoms with E-state index in [1.165, 1.54) is 7.11 Å². The molecule has 0 bridgehead atoms. The van der Waals surface area contributed by atoms with Crippen molar-refractivity contribution in [2.24, 2.45) is 0 Å². The van der Waals surface area contributed by atoms with Gasteiger partial charge in [0.1, 0.15) is 0 Å². The van der Waals surface area contributed by atoms with E-state index in [1.807, 2.05) is 60.7 Å². The van der Waals surface area contributed by atoms with Crippen LogP contribution in [0.3, 0.4) is 0 Å². The average molecular weight is 364 g/mol. The van der Waals surface area contributed by atoms with Crippen LogP contribution >= 0.6 is 0 Å². The van der Waals surface area contributed by atoms with Crippen molar-refractivity contribution in [2.75, 3.05) is 17.7 Å². The van der Waals surface area contributed by atoms with E-state index < -0.39 is 11.9 Å². The fourth-order valence-electron chi connectivity index (χ4n) is 2.93. The molecule has 0 radical (unpaired) electrons. The molecule has 3 N–H and O–H groups in total. The van der Waals surface area contributed by atoms with Gasteiger partial charge in [-0.2, -0.15) is 0 Å². The predicted molar refractivity (Wildman–Crippen MR) is 103 cm³/mol. The molecular weight excluding hydrogens is 344 g/mol. The van der Waals surface area contributed by atoms with Gasteiger partial charge in [0.2, 0.25) is 0 Å². The molecule has 0 aromatic heterocycles. The Hall–Kier alpha value is -3.54. The van der Waals surface area contributed by atoms with Crippen molar-refractivity contribution < 1.29 is 19.4 Å². The Kier molecular flexibility index (Phi) is 5.56. The molecule has 0 amide bonds. The summed E-state index contributed by atoms with van der Waals surface area (Å²) in [5.41, 5.74) is 3.17. The molecule has 1 aliphatic carbocycles. The van der Waals surface area contributed by atoms with Crippen LogP contribution in [-0.4, -0.2) is 24.2 Å². The van der Waals surface area contributed by atoms with Gasteiger partial charge in [0, 0.05) is 35.6 Å². The average Bonchev–Trinajstić information content (AvgIpc) is 2.69. The van der Waals surface area contributed by atoms with Gasteiger partial charge in [0.25, 0.3) is 0 Å². The number of para-hydroxylation sites is 2. The second-order valence-electron chi connectivity index (χ2n) is 6.05. The Morgan fingerprint density at radius 1 is 0.815 bits per heavy atom. The first-order valence-corrected chi connectivity index (χ1v) is 8.48. The zero-order valence-corrected chi connectivity index (χ0v) is 14.9. The molecule has 1 aliphatic rings. The minimum atomic E-state index is -1.02. The molecule has 2 aromatic carbocycles. The number of hydrogen-bond donors (Lipinski definition) is 3. The second kappa shape index (κ2) is 8.23. The fraction of sp³-hybridized carbons (Fsp3) is 0.143. The lowest BCUT2D eigenvalue weighted by Gasteiger charge is -2.25. The van der Waals surface area contributed by atoms with Crippen LogP contribution in [0.15, 0.2) is 83.2 Å². The van der Waals surface area contributed by atoms with Gasteiger partial charge in [-0.15, -0.1) is 0 Å². The number of allylic oxidation sites excluding steroid dienone is 2. The van der Waals surface area contributed by atoms with E-state index in [0.29, 0.717) is 17.0 Å². The molecule has 0 saturated heterocycles. The highest BCUT2D eigenvalue weighted by Gasteiger charge is 2.29. The van der Waals surface area contributed by atoms with Crippen molar-refractivity contribution >= 4 is 23.3 Å². The highest BCUT2D eigenvalue weighted by Crippen LogP contribution is 2.32. The number of carboxylic acid groups (broad SMARTS) is 1. The maximum Gasteiger partial charge on any atom is 0.335 e. The lowest BCUT2D eigenvalue weighted by atomic mass is 9.92. The van der Waals surface area contributed by atoms with Gasteiger partial charge >= 0.3 is 11.9 Å². The second-order valence-corrected chi connectivity index (χ2v) is 6.05. The van der Waals surface area contributed by atoms with E-state index in [1.54, 1.807) is 0 Å². The summed E-state index contributed by atoms with van der Waals surface area (Å²) in [7, 11) is 1.32. The molecule has 0 aliphatic heterocycles. The summed E-state index contributed by atoms with van der Waals surface area (Å²) in [5, 5.41) is 16.0. The lowest BCUT2D eigenvalue weighted by Crippen LogP contribution is -2.23. The van der Waals surface area contributed by atoms with Gasteiger partial charge in [0.15, 0.2) is 0 Å². The van der Waals surface area contributed by atoms with Crippen LogP contribution in [0.4, 0.5) is 11.4 Å². The smallest absolute Gasteiger partial charge is 0.335 e. The summed E-state index contributed by atoms with van der Waals surface area (Å²) in [4.78, 5) is 24.2. The number of benzene rings is 2. The highest BCUT2D eigenvalue weighted by molar-refractivity contribution is 5.95. The van der Waals surface area contributed by atoms with Crippen molar-refractivity contribution in [3.05, 3.63) is 83.2 Å². The van der Waals surface area contributed by atoms with Crippen molar-refractivity contribution in [1.82, 2.24) is 0 Å². The summed E-state index contributed by atoms with van der Waals surface area (Å²) in [6.07, 6.45) is 0.224. The third kappa shape index (κ3) is 4.36. The summed E-state index contributed by atoms with van der Waals surface area (Å²) >= 11 is 0. The molecule has 27 heavy (non-hydrogen) atoms.